The Balaban J connectivity index is 0.686. The molecule has 5 nitrogen and oxygen atoms in total. The minimum Gasteiger partial charge on any atom is -0.407 e. The fourth-order valence-corrected chi connectivity index (χ4v) is 8.85. The van der Waals surface area contributed by atoms with Crippen molar-refractivity contribution >= 4 is 34.7 Å². The standard InChI is InChI=1S/C76H22N4O/c1-3-4-5-6-7-8-9-10-11-12-13-14-15-16-17-18-19-20-21-22-23-24-25-26-27-28-29-30-31-32-33-34-35-36-37-38-39-40-41-42-59-81-69-53-47-64(48-54-69)75-72-57-51-67-60-65-49-55-70-74(63-45-43-62(2)44-46-63)71-56-50-66-61-68-52-58-73(75)80(68)76(77(65)70,78(66)71)79(67)72/h1,43-58,60-61H,2H3/q+2/t76-/m0/s1. The third kappa shape index (κ3) is 10.8. The van der Waals surface area contributed by atoms with Gasteiger partial charge in [-0.25, -0.2) is 0 Å². The van der Waals surface area contributed by atoms with E-state index in [-0.39, 0.29) is 0 Å². The SMILES string of the molecule is C#CC#CC#CC#CC#CC#CC#CC#CC#CC#CC#CC#CC#CC#CC#CC#CC#CC#CC#CC#CC#COc1ccc(C2=C3C=CC4=[N+]3[C@@]35n6c(ccc62)C=C2C=CC(=[N+]23)C(c2ccc(C)cc2)=c2ccc(n25)=C4)cc1. The first-order chi connectivity index (χ1) is 40.2. The Morgan fingerprint density at radius 3 is 1.36 bits per heavy atom. The molecule has 6 aliphatic rings. The van der Waals surface area contributed by atoms with E-state index in [1.165, 1.54) is 27.8 Å². The molecule has 0 amide bonds. The van der Waals surface area contributed by atoms with Crippen LogP contribution in [0.15, 0.2) is 108 Å². The molecule has 0 bridgehead atoms. The third-order valence-corrected chi connectivity index (χ3v) is 11.6. The molecule has 0 unspecified atom stereocenters. The Kier molecular flexibility index (Phi) is 15.2. The van der Waals surface area contributed by atoms with Crippen molar-refractivity contribution in [3.8, 4) is 255 Å². The zero-order valence-corrected chi connectivity index (χ0v) is 42.2. The summed E-state index contributed by atoms with van der Waals surface area (Å²) in [6.45, 7) is 2.13. The molecule has 4 aromatic rings. The van der Waals surface area contributed by atoms with Crippen molar-refractivity contribution in [3.63, 3.8) is 0 Å². The zero-order valence-electron chi connectivity index (χ0n) is 42.2. The molecule has 10 rings (SSSR count). The lowest BCUT2D eigenvalue weighted by molar-refractivity contribution is -0.834. The number of aromatic nitrogens is 2. The van der Waals surface area contributed by atoms with Crippen LogP contribution in [0.4, 0.5) is 0 Å². The van der Waals surface area contributed by atoms with Gasteiger partial charge in [-0.2, -0.15) is 9.13 Å². The highest BCUT2D eigenvalue weighted by Gasteiger charge is 2.71. The van der Waals surface area contributed by atoms with Crippen molar-refractivity contribution in [3.05, 3.63) is 147 Å². The van der Waals surface area contributed by atoms with Gasteiger partial charge in [0.05, 0.1) is 33.2 Å². The molecule has 1 atom stereocenters. The molecule has 5 heteroatoms. The number of aryl methyl sites for hydroxylation is 1. The zero-order chi connectivity index (χ0) is 55.3. The lowest BCUT2D eigenvalue weighted by atomic mass is 9.95. The molecular weight excluding hydrogens is 985 g/mol. The first-order valence-electron chi connectivity index (χ1n) is 23.8. The summed E-state index contributed by atoms with van der Waals surface area (Å²) in [7, 11) is 0. The highest BCUT2D eigenvalue weighted by molar-refractivity contribution is 6.28. The van der Waals surface area contributed by atoms with Gasteiger partial charge in [0.2, 0.25) is 22.8 Å². The Hall–Kier alpha value is -14.4. The van der Waals surface area contributed by atoms with Gasteiger partial charge in [0.1, 0.15) is 11.9 Å². The van der Waals surface area contributed by atoms with Crippen LogP contribution < -0.4 is 15.4 Å². The molecule has 350 valence electrons. The summed E-state index contributed by atoms with van der Waals surface area (Å²) in [6, 6.07) is 25.8. The topological polar surface area (TPSA) is 25.1 Å². The number of terminal acetylenes is 1. The molecule has 1 spiro atoms. The maximum absolute atomic E-state index is 5.73. The lowest BCUT2D eigenvalue weighted by Crippen LogP contribution is -2.70. The van der Waals surface area contributed by atoms with Crippen molar-refractivity contribution in [1.29, 1.82) is 0 Å². The van der Waals surface area contributed by atoms with Crippen LogP contribution in [0.3, 0.4) is 0 Å². The molecule has 0 fully saturated rings. The van der Waals surface area contributed by atoms with Gasteiger partial charge in [-0.05, 0) is 102 Å². The van der Waals surface area contributed by atoms with Crippen LogP contribution >= 0.6 is 0 Å². The Morgan fingerprint density at radius 2 is 0.864 bits per heavy atom. The Labute approximate surface area is 470 Å². The van der Waals surface area contributed by atoms with E-state index in [9.17, 15) is 0 Å². The molecule has 8 heterocycles. The minimum absolute atomic E-state index is 0.589. The molecule has 0 radical (unpaired) electrons. The molecular formula is C76H22N4O+2. The van der Waals surface area contributed by atoms with Gasteiger partial charge in [-0.3, -0.25) is 0 Å². The predicted octanol–water partition coefficient (Wildman–Crippen LogP) is 3.93. The highest BCUT2D eigenvalue weighted by atomic mass is 16.5. The number of ether oxygens (including phenoxy) is 1. The second-order valence-electron chi connectivity index (χ2n) is 16.2. The van der Waals surface area contributed by atoms with Crippen molar-refractivity contribution < 1.29 is 13.9 Å². The van der Waals surface area contributed by atoms with Gasteiger partial charge >= 0.3 is 5.91 Å². The Morgan fingerprint density at radius 1 is 0.407 bits per heavy atom. The summed E-state index contributed by atoms with van der Waals surface area (Å²) in [5.41, 5.74) is 12.7. The van der Waals surface area contributed by atoms with Crippen LogP contribution in [0, 0.1) is 256 Å². The first-order valence-corrected chi connectivity index (χ1v) is 23.8. The number of nitrogens with zero attached hydrogens (tertiary/aromatic N) is 4. The van der Waals surface area contributed by atoms with E-state index >= 15 is 0 Å². The molecule has 6 aliphatic heterocycles. The molecule has 0 saturated heterocycles. The van der Waals surface area contributed by atoms with E-state index < -0.39 is 5.91 Å². The van der Waals surface area contributed by atoms with Crippen molar-refractivity contribution in [1.82, 2.24) is 9.13 Å². The van der Waals surface area contributed by atoms with E-state index in [0.29, 0.717) is 5.75 Å². The summed E-state index contributed by atoms with van der Waals surface area (Å²) in [6.07, 6.45) is 21.2. The molecule has 2 aromatic heterocycles. The minimum atomic E-state index is -0.727. The van der Waals surface area contributed by atoms with Gasteiger partial charge in [-0.1, -0.05) is 51.1 Å². The van der Waals surface area contributed by atoms with Crippen LogP contribution in [0.2, 0.25) is 0 Å². The van der Waals surface area contributed by atoms with Gasteiger partial charge < -0.3 is 4.74 Å². The second kappa shape index (κ2) is 24.5. The Bertz CT molecular complexity index is 5430. The fourth-order valence-electron chi connectivity index (χ4n) is 8.85. The average molecular weight is 1010 g/mol. The van der Waals surface area contributed by atoms with Crippen LogP contribution in [0.1, 0.15) is 28.1 Å². The monoisotopic (exact) mass is 1010 g/mol. The van der Waals surface area contributed by atoms with Gasteiger partial charge in [0, 0.05) is 226 Å². The van der Waals surface area contributed by atoms with Gasteiger partial charge in [-0.15, -0.1) is 6.42 Å². The fraction of sp³-hybridized carbons (Fsp3) is 0.0263. The number of benzene rings is 2. The summed E-state index contributed by atoms with van der Waals surface area (Å²) < 4.78 is 15.8. The molecule has 81 heavy (non-hydrogen) atoms. The van der Waals surface area contributed by atoms with Gasteiger partial charge in [0.15, 0.2) is 0 Å². The summed E-state index contributed by atoms with van der Waals surface area (Å²) in [5.74, 6) is 101. The van der Waals surface area contributed by atoms with E-state index in [2.05, 4.69) is 365 Å². The number of hydrogen-bond donors (Lipinski definition) is 0. The van der Waals surface area contributed by atoms with Crippen molar-refractivity contribution in [2.45, 2.75) is 12.8 Å². The summed E-state index contributed by atoms with van der Waals surface area (Å²) >= 11 is 0. The summed E-state index contributed by atoms with van der Waals surface area (Å²) in [4.78, 5) is 0. The van der Waals surface area contributed by atoms with Crippen LogP contribution in [0.25, 0.3) is 23.3 Å². The van der Waals surface area contributed by atoms with E-state index in [4.69, 9.17) is 11.2 Å². The van der Waals surface area contributed by atoms with E-state index in [1.54, 1.807) is 0 Å². The molecule has 0 saturated carbocycles. The maximum atomic E-state index is 5.73. The molecule has 2 aromatic carbocycles. The van der Waals surface area contributed by atoms with E-state index in [1.807, 2.05) is 12.1 Å². The molecule has 0 N–H and O–H groups in total. The van der Waals surface area contributed by atoms with Crippen LogP contribution in [-0.4, -0.2) is 29.7 Å². The lowest BCUT2D eigenvalue weighted by Gasteiger charge is -2.39. The first kappa shape index (κ1) is 50.1. The number of allylic oxidation sites excluding steroid dienone is 4. The highest BCUT2D eigenvalue weighted by Crippen LogP contribution is 2.49. The van der Waals surface area contributed by atoms with Crippen LogP contribution in [-0.2, 0) is 5.91 Å². The van der Waals surface area contributed by atoms with E-state index in [0.717, 1.165) is 45.0 Å². The molecule has 0 aliphatic carbocycles. The quantitative estimate of drug-likeness (QED) is 0.226. The largest absolute Gasteiger partial charge is 0.553 e. The number of rotatable bonds is 3. The number of hydrogen-bond acceptors (Lipinski definition) is 1. The van der Waals surface area contributed by atoms with Crippen LogP contribution in [0.5, 0.6) is 5.75 Å². The third-order valence-electron chi connectivity index (χ3n) is 11.6. The maximum Gasteiger partial charge on any atom is 0.553 e. The predicted molar refractivity (Wildman–Crippen MR) is 314 cm³/mol. The average Bonchev–Trinajstić information content (AvgIpc) is 1.99. The second-order valence-corrected chi connectivity index (χ2v) is 16.2. The summed E-state index contributed by atoms with van der Waals surface area (Å²) in [5, 5.41) is 2.33. The van der Waals surface area contributed by atoms with Crippen molar-refractivity contribution in [2.24, 2.45) is 0 Å². The van der Waals surface area contributed by atoms with Crippen molar-refractivity contribution in [2.75, 3.05) is 0 Å². The normalized spacial score (nSPS) is 12.7. The smallest absolute Gasteiger partial charge is 0.407 e. The van der Waals surface area contributed by atoms with Gasteiger partial charge in [0.25, 0.3) is 0 Å².